The molecule has 0 aliphatic rings. The van der Waals surface area contributed by atoms with E-state index in [0.29, 0.717) is 16.3 Å². The van der Waals surface area contributed by atoms with Gasteiger partial charge >= 0.3 is 0 Å². The molecule has 3 nitrogen and oxygen atoms in total. The van der Waals surface area contributed by atoms with Crippen molar-refractivity contribution in [3.05, 3.63) is 27.8 Å². The molecule has 0 amide bonds. The minimum Gasteiger partial charge on any atom is -0.301 e. The minimum atomic E-state index is -0.797. The third-order valence-corrected chi connectivity index (χ3v) is 3.41. The highest BCUT2D eigenvalue weighted by Crippen LogP contribution is 2.31. The molecule has 2 aromatic heterocycles. The summed E-state index contributed by atoms with van der Waals surface area (Å²) in [5.41, 5.74) is -0.0743. The molecule has 0 unspecified atom stereocenters. The number of carbonyl (C=O) groups is 1. The summed E-state index contributed by atoms with van der Waals surface area (Å²) in [6.07, 6.45) is 2.30. The van der Waals surface area contributed by atoms with Crippen LogP contribution in [0.15, 0.2) is 17.0 Å². The van der Waals surface area contributed by atoms with Crippen LogP contribution in [0.25, 0.3) is 11.3 Å². The molecule has 0 aliphatic heterocycles. The van der Waals surface area contributed by atoms with Crippen molar-refractivity contribution in [3.63, 3.8) is 0 Å². The Morgan fingerprint density at radius 2 is 2.24 bits per heavy atom. The molecule has 0 atom stereocenters. The number of aldehydes is 1. The molecular weight excluding hydrogens is 263 g/mol. The van der Waals surface area contributed by atoms with Crippen LogP contribution in [0.3, 0.4) is 0 Å². The highest BCUT2D eigenvalue weighted by molar-refractivity contribution is 7.08. The number of hydrogen-bond acceptors (Lipinski definition) is 3. The van der Waals surface area contributed by atoms with Gasteiger partial charge in [0.05, 0.1) is 10.6 Å². The van der Waals surface area contributed by atoms with Gasteiger partial charge in [-0.1, -0.05) is 11.6 Å². The largest absolute Gasteiger partial charge is 0.301 e. The maximum atomic E-state index is 13.4. The molecule has 0 radical (unpaired) electrons. The van der Waals surface area contributed by atoms with Crippen LogP contribution in [0.4, 0.5) is 4.39 Å². The third kappa shape index (κ3) is 2.12. The molecule has 0 spiro atoms. The molecule has 0 bridgehead atoms. The predicted molar refractivity (Wildman–Crippen MR) is 65.9 cm³/mol. The molecule has 0 aliphatic carbocycles. The van der Waals surface area contributed by atoms with Crippen LogP contribution in [-0.4, -0.2) is 16.1 Å². The number of rotatable bonds is 3. The van der Waals surface area contributed by atoms with E-state index < -0.39 is 5.54 Å². The third-order valence-electron chi connectivity index (χ3n) is 2.42. The molecule has 0 fully saturated rings. The lowest BCUT2D eigenvalue weighted by Crippen LogP contribution is -2.28. The first-order valence-electron chi connectivity index (χ1n) is 4.90. The number of thiophene rings is 1. The second kappa shape index (κ2) is 4.23. The van der Waals surface area contributed by atoms with Crippen molar-refractivity contribution < 1.29 is 9.18 Å². The SMILES string of the molecule is CC(C)(C=O)n1cc(Cl)c(-c2cscc2F)n1. The molecule has 17 heavy (non-hydrogen) atoms. The highest BCUT2D eigenvalue weighted by atomic mass is 35.5. The first-order valence-corrected chi connectivity index (χ1v) is 6.22. The molecule has 0 N–H and O–H groups in total. The molecule has 2 aromatic rings. The topological polar surface area (TPSA) is 34.9 Å². The van der Waals surface area contributed by atoms with Gasteiger partial charge in [-0.15, -0.1) is 11.3 Å². The van der Waals surface area contributed by atoms with Crippen molar-refractivity contribution in [2.45, 2.75) is 19.4 Å². The molecule has 2 rings (SSSR count). The average Bonchev–Trinajstić information content (AvgIpc) is 2.85. The van der Waals surface area contributed by atoms with Crippen molar-refractivity contribution in [2.24, 2.45) is 0 Å². The Balaban J connectivity index is 2.52. The van der Waals surface area contributed by atoms with E-state index in [4.69, 9.17) is 11.6 Å². The van der Waals surface area contributed by atoms with E-state index in [2.05, 4.69) is 5.10 Å². The Morgan fingerprint density at radius 3 is 2.76 bits per heavy atom. The van der Waals surface area contributed by atoms with E-state index in [1.807, 2.05) is 0 Å². The van der Waals surface area contributed by atoms with E-state index in [1.165, 1.54) is 27.6 Å². The fraction of sp³-hybridized carbons (Fsp3) is 0.273. The van der Waals surface area contributed by atoms with Crippen molar-refractivity contribution >= 4 is 29.2 Å². The summed E-state index contributed by atoms with van der Waals surface area (Å²) in [6, 6.07) is 0. The fourth-order valence-corrected chi connectivity index (χ4v) is 2.24. The second-order valence-corrected chi connectivity index (χ2v) is 5.33. The molecule has 0 aromatic carbocycles. The number of hydrogen-bond donors (Lipinski definition) is 0. The Morgan fingerprint density at radius 1 is 1.53 bits per heavy atom. The maximum Gasteiger partial charge on any atom is 0.147 e. The molecule has 0 saturated heterocycles. The maximum absolute atomic E-state index is 13.4. The number of nitrogens with zero attached hydrogens (tertiary/aromatic N) is 2. The van der Waals surface area contributed by atoms with Gasteiger partial charge in [-0.2, -0.15) is 5.10 Å². The minimum absolute atomic E-state index is 0.331. The van der Waals surface area contributed by atoms with Gasteiger partial charge in [-0.25, -0.2) is 4.39 Å². The Hall–Kier alpha value is -1.20. The zero-order valence-electron chi connectivity index (χ0n) is 9.28. The van der Waals surface area contributed by atoms with Crippen molar-refractivity contribution in [1.82, 2.24) is 9.78 Å². The Bertz CT molecular complexity index is 562. The zero-order chi connectivity index (χ0) is 12.6. The zero-order valence-corrected chi connectivity index (χ0v) is 10.8. The summed E-state index contributed by atoms with van der Waals surface area (Å²) >= 11 is 7.25. The van der Waals surface area contributed by atoms with Gasteiger partial charge in [-0.05, 0) is 13.8 Å². The van der Waals surface area contributed by atoms with E-state index in [1.54, 1.807) is 19.2 Å². The van der Waals surface area contributed by atoms with Crippen LogP contribution >= 0.6 is 22.9 Å². The summed E-state index contributed by atoms with van der Waals surface area (Å²) in [6.45, 7) is 3.41. The second-order valence-electron chi connectivity index (χ2n) is 4.18. The predicted octanol–water partition coefficient (Wildman–Crippen LogP) is 3.34. The summed E-state index contributed by atoms with van der Waals surface area (Å²) in [7, 11) is 0. The number of carbonyl (C=O) groups excluding carboxylic acids is 1. The quantitative estimate of drug-likeness (QED) is 0.803. The van der Waals surface area contributed by atoms with Crippen LogP contribution in [0, 0.1) is 5.82 Å². The summed E-state index contributed by atoms with van der Waals surface area (Å²) in [5, 5.41) is 7.53. The van der Waals surface area contributed by atoms with Gasteiger partial charge in [-0.3, -0.25) is 4.68 Å². The van der Waals surface area contributed by atoms with E-state index in [0.717, 1.165) is 6.29 Å². The standard InChI is InChI=1S/C11H10ClFN2OS/c1-11(2,6-16)15-3-8(12)10(14-15)7-4-17-5-9(7)13/h3-6H,1-2H3. The molecule has 6 heteroatoms. The number of halogens is 2. The van der Waals surface area contributed by atoms with Gasteiger partial charge in [0.2, 0.25) is 0 Å². The van der Waals surface area contributed by atoms with E-state index >= 15 is 0 Å². The van der Waals surface area contributed by atoms with Crippen LogP contribution in [-0.2, 0) is 10.3 Å². The lowest BCUT2D eigenvalue weighted by molar-refractivity contribution is -0.114. The smallest absolute Gasteiger partial charge is 0.147 e. The van der Waals surface area contributed by atoms with Crippen molar-refractivity contribution in [2.75, 3.05) is 0 Å². The van der Waals surface area contributed by atoms with E-state index in [-0.39, 0.29) is 5.82 Å². The number of aromatic nitrogens is 2. The van der Waals surface area contributed by atoms with Gasteiger partial charge in [0.1, 0.15) is 23.3 Å². The Labute approximate surface area is 107 Å². The van der Waals surface area contributed by atoms with Crippen LogP contribution in [0.2, 0.25) is 5.02 Å². The summed E-state index contributed by atoms with van der Waals surface area (Å²) in [5.74, 6) is -0.356. The highest BCUT2D eigenvalue weighted by Gasteiger charge is 2.23. The van der Waals surface area contributed by atoms with Crippen LogP contribution in [0.5, 0.6) is 0 Å². The normalized spacial score (nSPS) is 11.8. The van der Waals surface area contributed by atoms with Crippen molar-refractivity contribution in [1.29, 1.82) is 0 Å². The lowest BCUT2D eigenvalue weighted by Gasteiger charge is -2.16. The summed E-state index contributed by atoms with van der Waals surface area (Å²) < 4.78 is 14.9. The molecule has 90 valence electrons. The van der Waals surface area contributed by atoms with Gasteiger partial charge < -0.3 is 4.79 Å². The molecule has 0 saturated carbocycles. The summed E-state index contributed by atoms with van der Waals surface area (Å²) in [4.78, 5) is 10.9. The van der Waals surface area contributed by atoms with E-state index in [9.17, 15) is 9.18 Å². The fourth-order valence-electron chi connectivity index (χ4n) is 1.34. The van der Waals surface area contributed by atoms with Gasteiger partial charge in [0.25, 0.3) is 0 Å². The first-order chi connectivity index (χ1) is 7.95. The Kier molecular flexibility index (Phi) is 3.05. The molecule has 2 heterocycles. The van der Waals surface area contributed by atoms with Gasteiger partial charge in [0.15, 0.2) is 0 Å². The van der Waals surface area contributed by atoms with Crippen LogP contribution < -0.4 is 0 Å². The lowest BCUT2D eigenvalue weighted by atomic mass is 10.1. The first kappa shape index (κ1) is 12.3. The molecular formula is C11H10ClFN2OS. The monoisotopic (exact) mass is 272 g/mol. The van der Waals surface area contributed by atoms with Crippen molar-refractivity contribution in [3.8, 4) is 11.3 Å². The van der Waals surface area contributed by atoms with Crippen LogP contribution in [0.1, 0.15) is 13.8 Å². The van der Waals surface area contributed by atoms with Gasteiger partial charge in [0, 0.05) is 17.0 Å². The average molecular weight is 273 g/mol.